The van der Waals surface area contributed by atoms with Gasteiger partial charge >= 0.3 is 5.97 Å². The molecule has 5 heteroatoms. The number of esters is 1. The van der Waals surface area contributed by atoms with Gasteiger partial charge in [0, 0.05) is 5.56 Å². The molecule has 0 unspecified atom stereocenters. The Kier molecular flexibility index (Phi) is 4.04. The van der Waals surface area contributed by atoms with Crippen LogP contribution in [-0.2, 0) is 9.53 Å². The number of halogens is 2. The lowest BCUT2D eigenvalue weighted by Crippen LogP contribution is -2.05. The first-order valence-electron chi connectivity index (χ1n) is 7.57. The molecular formula is C20H11Cl2NO2. The fourth-order valence-electron chi connectivity index (χ4n) is 2.69. The maximum Gasteiger partial charge on any atom is 0.363 e. The molecule has 4 rings (SSSR count). The lowest BCUT2D eigenvalue weighted by atomic mass is 10.0. The lowest BCUT2D eigenvalue weighted by molar-refractivity contribution is -0.129. The van der Waals surface area contributed by atoms with Gasteiger partial charge in [0.25, 0.3) is 0 Å². The minimum atomic E-state index is -0.492. The Balaban J connectivity index is 1.77. The minimum Gasteiger partial charge on any atom is -0.402 e. The average molecular weight is 368 g/mol. The monoisotopic (exact) mass is 367 g/mol. The van der Waals surface area contributed by atoms with Crippen molar-refractivity contribution in [2.45, 2.75) is 0 Å². The van der Waals surface area contributed by atoms with Crippen LogP contribution in [-0.4, -0.2) is 11.9 Å². The zero-order chi connectivity index (χ0) is 17.4. The summed E-state index contributed by atoms with van der Waals surface area (Å²) in [4.78, 5) is 16.5. The zero-order valence-corrected chi connectivity index (χ0v) is 14.4. The SMILES string of the molecule is O=C1OC(c2ccc(Cl)c(Cl)c2)=NC1=Cc1cccc2ccccc12. The molecule has 25 heavy (non-hydrogen) atoms. The number of hydrogen-bond donors (Lipinski definition) is 0. The van der Waals surface area contributed by atoms with E-state index in [0.717, 1.165) is 16.3 Å². The van der Waals surface area contributed by atoms with Crippen LogP contribution in [0, 0.1) is 0 Å². The van der Waals surface area contributed by atoms with Gasteiger partial charge in [0.2, 0.25) is 5.90 Å². The summed E-state index contributed by atoms with van der Waals surface area (Å²) in [6, 6.07) is 18.8. The van der Waals surface area contributed by atoms with Gasteiger partial charge in [0.1, 0.15) is 0 Å². The molecule has 0 saturated heterocycles. The average Bonchev–Trinajstić information content (AvgIpc) is 2.98. The maximum atomic E-state index is 12.2. The van der Waals surface area contributed by atoms with E-state index in [1.54, 1.807) is 24.3 Å². The number of ether oxygens (including phenoxy) is 1. The third-order valence-electron chi connectivity index (χ3n) is 3.90. The lowest BCUT2D eigenvalue weighted by Gasteiger charge is -2.01. The van der Waals surface area contributed by atoms with E-state index >= 15 is 0 Å². The zero-order valence-electron chi connectivity index (χ0n) is 12.9. The first-order chi connectivity index (χ1) is 12.1. The number of cyclic esters (lactones) is 1. The van der Waals surface area contributed by atoms with Crippen LogP contribution in [0.2, 0.25) is 10.0 Å². The number of carbonyl (C=O) groups excluding carboxylic acids is 1. The molecule has 0 atom stereocenters. The predicted octanol–water partition coefficient (Wildman–Crippen LogP) is 5.49. The van der Waals surface area contributed by atoms with Crippen molar-refractivity contribution in [1.29, 1.82) is 0 Å². The van der Waals surface area contributed by atoms with E-state index in [4.69, 9.17) is 27.9 Å². The summed E-state index contributed by atoms with van der Waals surface area (Å²) in [7, 11) is 0. The molecule has 0 aliphatic carbocycles. The highest BCUT2D eigenvalue weighted by molar-refractivity contribution is 6.42. The molecule has 0 aromatic heterocycles. The van der Waals surface area contributed by atoms with E-state index in [1.807, 2.05) is 42.5 Å². The molecule has 1 aliphatic heterocycles. The fourth-order valence-corrected chi connectivity index (χ4v) is 2.98. The molecule has 3 nitrogen and oxygen atoms in total. The molecule has 0 spiro atoms. The summed E-state index contributed by atoms with van der Waals surface area (Å²) in [5, 5.41) is 2.95. The van der Waals surface area contributed by atoms with E-state index in [0.29, 0.717) is 15.6 Å². The van der Waals surface area contributed by atoms with Gasteiger partial charge in [-0.3, -0.25) is 0 Å². The molecule has 3 aromatic rings. The van der Waals surface area contributed by atoms with Gasteiger partial charge in [-0.25, -0.2) is 9.79 Å². The fraction of sp³-hybridized carbons (Fsp3) is 0. The van der Waals surface area contributed by atoms with Crippen molar-refractivity contribution < 1.29 is 9.53 Å². The largest absolute Gasteiger partial charge is 0.402 e. The molecule has 0 amide bonds. The number of carbonyl (C=O) groups is 1. The van der Waals surface area contributed by atoms with Crippen molar-refractivity contribution in [3.8, 4) is 0 Å². The van der Waals surface area contributed by atoms with E-state index in [1.165, 1.54) is 0 Å². The smallest absolute Gasteiger partial charge is 0.363 e. The molecule has 3 aromatic carbocycles. The highest BCUT2D eigenvalue weighted by atomic mass is 35.5. The number of fused-ring (bicyclic) bond motifs is 1. The minimum absolute atomic E-state index is 0.218. The Morgan fingerprint density at radius 2 is 1.72 bits per heavy atom. The van der Waals surface area contributed by atoms with E-state index in [-0.39, 0.29) is 11.6 Å². The second-order valence-corrected chi connectivity index (χ2v) is 6.35. The summed E-state index contributed by atoms with van der Waals surface area (Å²) < 4.78 is 5.28. The Morgan fingerprint density at radius 3 is 2.56 bits per heavy atom. The second kappa shape index (κ2) is 6.36. The van der Waals surface area contributed by atoms with Crippen LogP contribution in [0.5, 0.6) is 0 Å². The molecule has 0 saturated carbocycles. The molecule has 122 valence electrons. The Hall–Kier alpha value is -2.62. The third kappa shape index (κ3) is 3.04. The molecular weight excluding hydrogens is 357 g/mol. The van der Waals surface area contributed by atoms with Gasteiger partial charge in [-0.2, -0.15) is 0 Å². The third-order valence-corrected chi connectivity index (χ3v) is 4.64. The number of hydrogen-bond acceptors (Lipinski definition) is 3. The molecule has 0 radical (unpaired) electrons. The molecule has 1 aliphatic rings. The predicted molar refractivity (Wildman–Crippen MR) is 101 cm³/mol. The van der Waals surface area contributed by atoms with Gasteiger partial charge < -0.3 is 4.74 Å². The Labute approximate surface area is 154 Å². The summed E-state index contributed by atoms with van der Waals surface area (Å²) in [6.07, 6.45) is 1.73. The van der Waals surface area contributed by atoms with Crippen LogP contribution in [0.15, 0.2) is 71.4 Å². The van der Waals surface area contributed by atoms with Crippen molar-refractivity contribution in [2.75, 3.05) is 0 Å². The Bertz CT molecular complexity index is 1060. The van der Waals surface area contributed by atoms with Crippen molar-refractivity contribution >= 4 is 51.9 Å². The van der Waals surface area contributed by atoms with Crippen LogP contribution in [0.1, 0.15) is 11.1 Å². The quantitative estimate of drug-likeness (QED) is 0.443. The van der Waals surface area contributed by atoms with Crippen molar-refractivity contribution in [3.05, 3.63) is 87.5 Å². The summed E-state index contributed by atoms with van der Waals surface area (Å²) in [6.45, 7) is 0. The molecule has 1 heterocycles. The maximum absolute atomic E-state index is 12.2. The Morgan fingerprint density at radius 1 is 0.920 bits per heavy atom. The number of rotatable bonds is 2. The summed E-state index contributed by atoms with van der Waals surface area (Å²) >= 11 is 11.9. The van der Waals surface area contributed by atoms with Crippen molar-refractivity contribution in [2.24, 2.45) is 4.99 Å². The van der Waals surface area contributed by atoms with Crippen molar-refractivity contribution in [3.63, 3.8) is 0 Å². The second-order valence-electron chi connectivity index (χ2n) is 5.53. The molecule has 0 N–H and O–H groups in total. The van der Waals surface area contributed by atoms with Gasteiger partial charge in [0.05, 0.1) is 10.0 Å². The van der Waals surface area contributed by atoms with Crippen molar-refractivity contribution in [1.82, 2.24) is 0 Å². The normalized spacial score (nSPS) is 15.5. The van der Waals surface area contributed by atoms with Crippen LogP contribution < -0.4 is 0 Å². The highest BCUT2D eigenvalue weighted by Crippen LogP contribution is 2.27. The van der Waals surface area contributed by atoms with Gasteiger partial charge in [0.15, 0.2) is 5.70 Å². The van der Waals surface area contributed by atoms with E-state index in [9.17, 15) is 4.79 Å². The topological polar surface area (TPSA) is 38.7 Å². The van der Waals surface area contributed by atoms with Gasteiger partial charge in [-0.15, -0.1) is 0 Å². The molecule has 0 fully saturated rings. The highest BCUT2D eigenvalue weighted by Gasteiger charge is 2.24. The summed E-state index contributed by atoms with van der Waals surface area (Å²) in [5.74, 6) is -0.274. The summed E-state index contributed by atoms with van der Waals surface area (Å²) in [5.41, 5.74) is 1.76. The first kappa shape index (κ1) is 15.9. The van der Waals surface area contributed by atoms with E-state index in [2.05, 4.69) is 4.99 Å². The van der Waals surface area contributed by atoms with Gasteiger partial charge in [-0.05, 0) is 40.6 Å². The first-order valence-corrected chi connectivity index (χ1v) is 8.33. The van der Waals surface area contributed by atoms with Crippen LogP contribution in [0.25, 0.3) is 16.8 Å². The van der Waals surface area contributed by atoms with Crippen LogP contribution >= 0.6 is 23.2 Å². The number of nitrogens with zero attached hydrogens (tertiary/aromatic N) is 1. The van der Waals surface area contributed by atoms with E-state index < -0.39 is 5.97 Å². The molecule has 0 bridgehead atoms. The number of benzene rings is 3. The van der Waals surface area contributed by atoms with Crippen LogP contribution in [0.4, 0.5) is 0 Å². The standard InChI is InChI=1S/C20H11Cl2NO2/c21-16-9-8-14(10-17(16)22)19-23-18(20(24)25-19)11-13-6-3-5-12-4-1-2-7-15(12)13/h1-11H. The van der Waals surface area contributed by atoms with Gasteiger partial charge in [-0.1, -0.05) is 65.7 Å². The number of aliphatic imine (C=N–C) groups is 1. The van der Waals surface area contributed by atoms with Crippen LogP contribution in [0.3, 0.4) is 0 Å².